The molecule has 0 atom stereocenters. The van der Waals surface area contributed by atoms with Crippen LogP contribution in [0.4, 0.5) is 0 Å². The van der Waals surface area contributed by atoms with Gasteiger partial charge in [-0.1, -0.05) is 18.1 Å². The van der Waals surface area contributed by atoms with Gasteiger partial charge in [0.1, 0.15) is 12.4 Å². The lowest BCUT2D eigenvalue weighted by Gasteiger charge is -2.33. The van der Waals surface area contributed by atoms with Crippen molar-refractivity contribution >= 4 is 12.0 Å². The van der Waals surface area contributed by atoms with Crippen LogP contribution < -0.4 is 9.47 Å². The third kappa shape index (κ3) is 5.23. The zero-order valence-electron chi connectivity index (χ0n) is 18.6. The molecule has 3 rings (SSSR count). The van der Waals surface area contributed by atoms with Gasteiger partial charge in [0.2, 0.25) is 5.91 Å². The maximum Gasteiger partial charge on any atom is 0.246 e. The van der Waals surface area contributed by atoms with E-state index in [1.165, 1.54) is 12.8 Å². The number of aryl methyl sites for hydroxylation is 2. The Kier molecular flexibility index (Phi) is 7.19. The molecule has 0 radical (unpaired) electrons. The molecule has 1 fully saturated rings. The van der Waals surface area contributed by atoms with Gasteiger partial charge in [0, 0.05) is 19.2 Å². The standard InChI is InChI=1S/C24H32N2O4/c1-16-6-10-20(11-7-16)26(4)24(27)13-9-19-8-12-22(23(14-19)28-5)29-15-21-17(2)25-30-18(21)3/h8-9,12-14,16,20H,6-7,10-11,15H2,1-5H3/b13-9+. The monoisotopic (exact) mass is 412 g/mol. The van der Waals surface area contributed by atoms with Crippen LogP contribution in [-0.4, -0.2) is 36.2 Å². The molecular formula is C24H32N2O4. The SMILES string of the molecule is COc1cc(/C=C/C(=O)N(C)C2CCC(C)CC2)ccc1OCc1c(C)noc1C. The lowest BCUT2D eigenvalue weighted by molar-refractivity contribution is -0.127. The Labute approximate surface area is 178 Å². The molecule has 0 spiro atoms. The van der Waals surface area contributed by atoms with Gasteiger partial charge in [0.05, 0.1) is 18.4 Å². The molecule has 1 saturated carbocycles. The first kappa shape index (κ1) is 21.9. The summed E-state index contributed by atoms with van der Waals surface area (Å²) in [6.07, 6.45) is 8.02. The highest BCUT2D eigenvalue weighted by Gasteiger charge is 2.23. The van der Waals surface area contributed by atoms with E-state index in [9.17, 15) is 4.79 Å². The summed E-state index contributed by atoms with van der Waals surface area (Å²) in [5.41, 5.74) is 2.64. The summed E-state index contributed by atoms with van der Waals surface area (Å²) < 4.78 is 16.6. The molecule has 1 aromatic carbocycles. The van der Waals surface area contributed by atoms with E-state index in [0.717, 1.165) is 41.3 Å². The number of amides is 1. The number of aromatic nitrogens is 1. The van der Waals surface area contributed by atoms with E-state index in [4.69, 9.17) is 14.0 Å². The molecule has 1 amide bonds. The molecule has 2 aromatic rings. The van der Waals surface area contributed by atoms with Gasteiger partial charge in [-0.3, -0.25) is 4.79 Å². The predicted octanol–water partition coefficient (Wildman–Crippen LogP) is 4.93. The first-order valence-corrected chi connectivity index (χ1v) is 10.6. The molecule has 0 bridgehead atoms. The minimum Gasteiger partial charge on any atom is -0.493 e. The number of nitrogens with zero attached hydrogens (tertiary/aromatic N) is 2. The topological polar surface area (TPSA) is 64.8 Å². The van der Waals surface area contributed by atoms with Crippen molar-refractivity contribution in [2.45, 2.75) is 59.1 Å². The Morgan fingerprint density at radius 2 is 1.97 bits per heavy atom. The number of carbonyl (C=O) groups excluding carboxylic acids is 1. The van der Waals surface area contributed by atoms with Gasteiger partial charge in [0.15, 0.2) is 11.5 Å². The van der Waals surface area contributed by atoms with Crippen molar-refractivity contribution in [3.8, 4) is 11.5 Å². The van der Waals surface area contributed by atoms with Crippen molar-refractivity contribution in [3.63, 3.8) is 0 Å². The third-order valence-electron chi connectivity index (χ3n) is 6.04. The molecule has 0 saturated heterocycles. The maximum atomic E-state index is 12.6. The van der Waals surface area contributed by atoms with Crippen molar-refractivity contribution in [2.24, 2.45) is 5.92 Å². The summed E-state index contributed by atoms with van der Waals surface area (Å²) in [6.45, 7) is 6.40. The predicted molar refractivity (Wildman–Crippen MR) is 117 cm³/mol. The minimum absolute atomic E-state index is 0.0345. The number of carbonyl (C=O) groups is 1. The van der Waals surface area contributed by atoms with E-state index in [0.29, 0.717) is 24.1 Å². The summed E-state index contributed by atoms with van der Waals surface area (Å²) in [5, 5.41) is 3.95. The Bertz CT molecular complexity index is 875. The number of benzene rings is 1. The first-order valence-electron chi connectivity index (χ1n) is 10.6. The zero-order chi connectivity index (χ0) is 21.7. The van der Waals surface area contributed by atoms with Gasteiger partial charge < -0.3 is 18.9 Å². The molecule has 1 aromatic heterocycles. The Morgan fingerprint density at radius 1 is 1.23 bits per heavy atom. The van der Waals surface area contributed by atoms with Crippen LogP contribution in [0.5, 0.6) is 11.5 Å². The smallest absolute Gasteiger partial charge is 0.246 e. The second kappa shape index (κ2) is 9.83. The van der Waals surface area contributed by atoms with Gasteiger partial charge >= 0.3 is 0 Å². The van der Waals surface area contributed by atoms with Gasteiger partial charge in [-0.25, -0.2) is 0 Å². The number of ether oxygens (including phenoxy) is 2. The highest BCUT2D eigenvalue weighted by molar-refractivity contribution is 5.91. The van der Waals surface area contributed by atoms with Crippen LogP contribution in [0, 0.1) is 19.8 Å². The Morgan fingerprint density at radius 3 is 2.60 bits per heavy atom. The van der Waals surface area contributed by atoms with Gasteiger partial charge in [0.25, 0.3) is 0 Å². The van der Waals surface area contributed by atoms with Crippen LogP contribution >= 0.6 is 0 Å². The molecule has 1 aliphatic rings. The van der Waals surface area contributed by atoms with E-state index < -0.39 is 0 Å². The molecule has 0 aliphatic heterocycles. The van der Waals surface area contributed by atoms with Crippen molar-refractivity contribution < 1.29 is 18.8 Å². The number of hydrogen-bond acceptors (Lipinski definition) is 5. The summed E-state index contributed by atoms with van der Waals surface area (Å²) in [7, 11) is 3.51. The summed E-state index contributed by atoms with van der Waals surface area (Å²) in [5.74, 6) is 2.81. The van der Waals surface area contributed by atoms with E-state index >= 15 is 0 Å². The third-order valence-corrected chi connectivity index (χ3v) is 6.04. The molecule has 0 unspecified atom stereocenters. The summed E-state index contributed by atoms with van der Waals surface area (Å²) in [4.78, 5) is 14.5. The fourth-order valence-electron chi connectivity index (χ4n) is 3.86. The van der Waals surface area contributed by atoms with Crippen LogP contribution in [0.3, 0.4) is 0 Å². The molecule has 6 nitrogen and oxygen atoms in total. The fourth-order valence-corrected chi connectivity index (χ4v) is 3.86. The van der Waals surface area contributed by atoms with Gasteiger partial charge in [-0.15, -0.1) is 0 Å². The molecule has 6 heteroatoms. The highest BCUT2D eigenvalue weighted by Crippen LogP contribution is 2.30. The minimum atomic E-state index is 0.0345. The van der Waals surface area contributed by atoms with Crippen molar-refractivity contribution in [3.05, 3.63) is 46.9 Å². The number of rotatable bonds is 7. The molecule has 1 heterocycles. The van der Waals surface area contributed by atoms with E-state index in [1.54, 1.807) is 13.2 Å². The summed E-state index contributed by atoms with van der Waals surface area (Å²) >= 11 is 0. The van der Waals surface area contributed by atoms with Gasteiger partial charge in [-0.2, -0.15) is 0 Å². The lowest BCUT2D eigenvalue weighted by atomic mass is 9.87. The van der Waals surface area contributed by atoms with Crippen LogP contribution in [0.1, 0.15) is 55.2 Å². The zero-order valence-corrected chi connectivity index (χ0v) is 18.6. The van der Waals surface area contributed by atoms with Crippen LogP contribution in [0.25, 0.3) is 6.08 Å². The van der Waals surface area contributed by atoms with Crippen LogP contribution in [-0.2, 0) is 11.4 Å². The normalized spacial score (nSPS) is 19.1. The van der Waals surface area contributed by atoms with Crippen molar-refractivity contribution in [1.29, 1.82) is 0 Å². The molecule has 162 valence electrons. The number of hydrogen-bond donors (Lipinski definition) is 0. The second-order valence-corrected chi connectivity index (χ2v) is 8.20. The second-order valence-electron chi connectivity index (χ2n) is 8.20. The lowest BCUT2D eigenvalue weighted by Crippen LogP contribution is -2.38. The largest absolute Gasteiger partial charge is 0.493 e. The maximum absolute atomic E-state index is 12.6. The van der Waals surface area contributed by atoms with E-state index in [2.05, 4.69) is 12.1 Å². The molecule has 0 N–H and O–H groups in total. The van der Waals surface area contributed by atoms with E-state index in [-0.39, 0.29) is 5.91 Å². The molecule has 30 heavy (non-hydrogen) atoms. The number of likely N-dealkylation sites (N-methyl/N-ethyl adjacent to an activating group) is 1. The Balaban J connectivity index is 1.63. The molecule has 1 aliphatic carbocycles. The quantitative estimate of drug-likeness (QED) is 0.604. The average Bonchev–Trinajstić information content (AvgIpc) is 3.08. The van der Waals surface area contributed by atoms with Crippen LogP contribution in [0.2, 0.25) is 0 Å². The van der Waals surface area contributed by atoms with Gasteiger partial charge in [-0.05, 0) is 69.2 Å². The number of methoxy groups -OCH3 is 1. The average molecular weight is 413 g/mol. The van der Waals surface area contributed by atoms with E-state index in [1.807, 2.05) is 50.1 Å². The van der Waals surface area contributed by atoms with Crippen molar-refractivity contribution in [2.75, 3.05) is 14.2 Å². The Hall–Kier alpha value is -2.76. The molecular weight excluding hydrogens is 380 g/mol. The summed E-state index contributed by atoms with van der Waals surface area (Å²) in [6, 6.07) is 5.98. The van der Waals surface area contributed by atoms with Crippen LogP contribution in [0.15, 0.2) is 28.8 Å². The fraction of sp³-hybridized carbons (Fsp3) is 0.500. The van der Waals surface area contributed by atoms with Crippen molar-refractivity contribution in [1.82, 2.24) is 10.1 Å². The first-order chi connectivity index (χ1) is 14.4. The highest BCUT2D eigenvalue weighted by atomic mass is 16.5.